The highest BCUT2D eigenvalue weighted by Gasteiger charge is 2.17. The van der Waals surface area contributed by atoms with Crippen LogP contribution in [0.5, 0.6) is 0 Å². The minimum Gasteiger partial charge on any atom is -0.427 e. The highest BCUT2D eigenvalue weighted by atomic mass is 16.4. The molecule has 0 bridgehead atoms. The second kappa shape index (κ2) is 7.32. The molecule has 0 saturated heterocycles. The minimum absolute atomic E-state index is 0.0590. The van der Waals surface area contributed by atoms with Crippen molar-refractivity contribution in [1.82, 2.24) is 0 Å². The first-order chi connectivity index (χ1) is 6.07. The summed E-state index contributed by atoms with van der Waals surface area (Å²) >= 11 is 0. The predicted molar refractivity (Wildman–Crippen MR) is 53.1 cm³/mol. The van der Waals surface area contributed by atoms with Crippen LogP contribution in [0.25, 0.3) is 0 Å². The lowest BCUT2D eigenvalue weighted by Crippen LogP contribution is -2.37. The van der Waals surface area contributed by atoms with E-state index in [4.69, 9.17) is 20.9 Å². The first-order valence-electron chi connectivity index (χ1n) is 4.87. The topological polar surface area (TPSA) is 86.7 Å². The molecule has 0 aromatic heterocycles. The van der Waals surface area contributed by atoms with Gasteiger partial charge in [0.1, 0.15) is 0 Å². The lowest BCUT2D eigenvalue weighted by Gasteiger charge is -2.23. The Balaban J connectivity index is 0.000000252. The summed E-state index contributed by atoms with van der Waals surface area (Å²) in [6, 6.07) is 0.0590. The molecule has 5 N–H and O–H groups in total. The Morgan fingerprint density at radius 1 is 1.31 bits per heavy atom. The van der Waals surface area contributed by atoms with Crippen molar-refractivity contribution in [3.05, 3.63) is 0 Å². The average molecular weight is 189 g/mol. The molecule has 0 radical (unpaired) electrons. The van der Waals surface area contributed by atoms with E-state index in [0.29, 0.717) is 6.32 Å². The zero-order chi connectivity index (χ0) is 10.3. The maximum Gasteiger partial charge on any atom is 0.451 e. The molecule has 0 amide bonds. The van der Waals surface area contributed by atoms with Crippen molar-refractivity contribution in [3.8, 4) is 0 Å². The Morgan fingerprint density at radius 3 is 2.00 bits per heavy atom. The molecule has 0 unspecified atom stereocenters. The van der Waals surface area contributed by atoms with Crippen molar-refractivity contribution in [3.63, 3.8) is 0 Å². The lowest BCUT2D eigenvalue weighted by molar-refractivity contribution is 0.108. The smallest absolute Gasteiger partial charge is 0.427 e. The van der Waals surface area contributed by atoms with Gasteiger partial charge in [0.2, 0.25) is 0 Å². The van der Waals surface area contributed by atoms with E-state index in [1.54, 1.807) is 6.92 Å². The minimum atomic E-state index is -1.12. The molecule has 4 nitrogen and oxygen atoms in total. The highest BCUT2D eigenvalue weighted by molar-refractivity contribution is 6.40. The largest absolute Gasteiger partial charge is 0.451 e. The van der Waals surface area contributed by atoms with Gasteiger partial charge in [0, 0.05) is 6.04 Å². The monoisotopic (exact) mass is 189 g/mol. The summed E-state index contributed by atoms with van der Waals surface area (Å²) in [6.07, 6.45) is 4.44. The Bertz CT molecular complexity index is 114. The van der Waals surface area contributed by atoms with Crippen molar-refractivity contribution >= 4 is 7.12 Å². The van der Waals surface area contributed by atoms with E-state index in [0.717, 1.165) is 19.3 Å². The average Bonchev–Trinajstić information content (AvgIpc) is 2.11. The van der Waals surface area contributed by atoms with Crippen LogP contribution in [-0.2, 0) is 0 Å². The third kappa shape index (κ3) is 7.01. The van der Waals surface area contributed by atoms with Crippen LogP contribution >= 0.6 is 0 Å². The number of nitrogens with two attached hydrogens (primary N) is 1. The maximum atomic E-state index is 9.05. The van der Waals surface area contributed by atoms with Crippen molar-refractivity contribution in [1.29, 1.82) is 0 Å². The van der Waals surface area contributed by atoms with Crippen LogP contribution in [0.2, 0.25) is 6.32 Å². The van der Waals surface area contributed by atoms with Crippen LogP contribution in [0.4, 0.5) is 0 Å². The van der Waals surface area contributed by atoms with Crippen molar-refractivity contribution in [2.24, 2.45) is 5.73 Å². The normalized spacial score (nSPS) is 27.5. The van der Waals surface area contributed by atoms with Crippen LogP contribution < -0.4 is 5.73 Å². The molecule has 0 aromatic carbocycles. The number of hydrogen-bond donors (Lipinski definition) is 4. The molecule has 78 valence electrons. The molecule has 1 rings (SSSR count). The van der Waals surface area contributed by atoms with E-state index in [2.05, 4.69) is 0 Å². The number of hydrogen-bond acceptors (Lipinski definition) is 4. The third-order valence-corrected chi connectivity index (χ3v) is 2.15. The molecular weight excluding hydrogens is 169 g/mol. The van der Waals surface area contributed by atoms with Crippen LogP contribution in [0.3, 0.4) is 0 Å². The van der Waals surface area contributed by atoms with Gasteiger partial charge in [-0.25, -0.2) is 0 Å². The molecule has 0 aliphatic heterocycles. The SMILES string of the molecule is CCB(O)O.N[C@H]1CCCC[C@H]1O. The van der Waals surface area contributed by atoms with Gasteiger partial charge in [-0.05, 0) is 19.2 Å². The maximum absolute atomic E-state index is 9.05. The molecule has 0 aromatic rings. The summed E-state index contributed by atoms with van der Waals surface area (Å²) in [5.74, 6) is 0. The fourth-order valence-corrected chi connectivity index (χ4v) is 1.14. The molecule has 13 heavy (non-hydrogen) atoms. The van der Waals surface area contributed by atoms with Gasteiger partial charge in [0.05, 0.1) is 6.10 Å². The van der Waals surface area contributed by atoms with Crippen molar-refractivity contribution in [2.75, 3.05) is 0 Å². The number of aliphatic hydroxyl groups is 1. The van der Waals surface area contributed by atoms with Gasteiger partial charge in [-0.3, -0.25) is 0 Å². The summed E-state index contributed by atoms with van der Waals surface area (Å²) in [5, 5.41) is 24.9. The van der Waals surface area contributed by atoms with Gasteiger partial charge < -0.3 is 20.9 Å². The molecule has 0 heterocycles. The number of aliphatic hydroxyl groups excluding tert-OH is 1. The van der Waals surface area contributed by atoms with Crippen LogP contribution in [-0.4, -0.2) is 34.4 Å². The first kappa shape index (κ1) is 12.9. The van der Waals surface area contributed by atoms with E-state index in [9.17, 15) is 0 Å². The van der Waals surface area contributed by atoms with Gasteiger partial charge in [-0.15, -0.1) is 0 Å². The molecule has 1 fully saturated rings. The predicted octanol–water partition coefficient (Wildman–Crippen LogP) is -0.272. The quantitative estimate of drug-likeness (QED) is 0.427. The van der Waals surface area contributed by atoms with Gasteiger partial charge in [0.15, 0.2) is 0 Å². The molecule has 5 heteroatoms. The Labute approximate surface area is 79.9 Å². The molecule has 1 saturated carbocycles. The Kier molecular flexibility index (Phi) is 7.27. The van der Waals surface area contributed by atoms with Gasteiger partial charge in [-0.1, -0.05) is 19.8 Å². The summed E-state index contributed by atoms with van der Waals surface area (Å²) in [4.78, 5) is 0. The van der Waals surface area contributed by atoms with Crippen LogP contribution in [0.1, 0.15) is 32.6 Å². The second-order valence-electron chi connectivity index (χ2n) is 3.40. The van der Waals surface area contributed by atoms with Gasteiger partial charge in [-0.2, -0.15) is 0 Å². The number of rotatable bonds is 1. The molecule has 1 aliphatic rings. The van der Waals surface area contributed by atoms with Crippen LogP contribution in [0.15, 0.2) is 0 Å². The fourth-order valence-electron chi connectivity index (χ4n) is 1.14. The lowest BCUT2D eigenvalue weighted by atomic mass is 9.88. The molecule has 0 spiro atoms. The molecule has 2 atom stereocenters. The van der Waals surface area contributed by atoms with Crippen molar-refractivity contribution in [2.45, 2.75) is 51.1 Å². The summed E-state index contributed by atoms with van der Waals surface area (Å²) in [7, 11) is -1.12. The van der Waals surface area contributed by atoms with Crippen molar-refractivity contribution < 1.29 is 15.2 Å². The third-order valence-electron chi connectivity index (χ3n) is 2.15. The van der Waals surface area contributed by atoms with Crippen LogP contribution in [0, 0.1) is 0 Å². The molecular formula is C8H20BNO3. The van der Waals surface area contributed by atoms with E-state index in [1.807, 2.05) is 0 Å². The van der Waals surface area contributed by atoms with E-state index < -0.39 is 7.12 Å². The Hall–Kier alpha value is -0.0951. The Morgan fingerprint density at radius 2 is 1.77 bits per heavy atom. The van der Waals surface area contributed by atoms with Gasteiger partial charge >= 0.3 is 7.12 Å². The fraction of sp³-hybridized carbons (Fsp3) is 1.00. The summed E-state index contributed by atoms with van der Waals surface area (Å²) in [6.45, 7) is 1.70. The summed E-state index contributed by atoms with van der Waals surface area (Å²) in [5.41, 5.74) is 5.53. The summed E-state index contributed by atoms with van der Waals surface area (Å²) < 4.78 is 0. The molecule has 1 aliphatic carbocycles. The second-order valence-corrected chi connectivity index (χ2v) is 3.40. The van der Waals surface area contributed by atoms with E-state index >= 15 is 0 Å². The van der Waals surface area contributed by atoms with E-state index in [-0.39, 0.29) is 12.1 Å². The standard InChI is InChI=1S/C6H13NO.C2H7BO2/c7-5-3-1-2-4-6(5)8;1-2-3(4)5/h5-6,8H,1-4,7H2;4-5H,2H2,1H3/t5-,6+;/m0./s1. The zero-order valence-corrected chi connectivity index (χ0v) is 8.19. The van der Waals surface area contributed by atoms with E-state index in [1.165, 1.54) is 6.42 Å². The zero-order valence-electron chi connectivity index (χ0n) is 8.19. The van der Waals surface area contributed by atoms with Gasteiger partial charge in [0.25, 0.3) is 0 Å². The highest BCUT2D eigenvalue weighted by Crippen LogP contribution is 2.15. The first-order valence-corrected chi connectivity index (χ1v) is 4.87.